The van der Waals surface area contributed by atoms with Crippen LogP contribution in [0.3, 0.4) is 0 Å². The predicted octanol–water partition coefficient (Wildman–Crippen LogP) is 2.91. The number of nitrogens with zero attached hydrogens (tertiary/aromatic N) is 1. The molecule has 2 rings (SSSR count). The molecule has 0 atom stereocenters. The maximum absolute atomic E-state index is 13.0. The summed E-state index contributed by atoms with van der Waals surface area (Å²) >= 11 is 0. The minimum Gasteiger partial charge on any atom is -0.426 e. The van der Waals surface area contributed by atoms with Gasteiger partial charge in [0.1, 0.15) is 12.0 Å². The van der Waals surface area contributed by atoms with Gasteiger partial charge < -0.3 is 4.74 Å². The van der Waals surface area contributed by atoms with Gasteiger partial charge in [0.2, 0.25) is 10.0 Å². The van der Waals surface area contributed by atoms with Gasteiger partial charge in [-0.3, -0.25) is 9.59 Å². The molecular weight excluding hydrogens is 366 g/mol. The van der Waals surface area contributed by atoms with E-state index in [1.54, 1.807) is 44.2 Å². The molecule has 0 saturated carbocycles. The van der Waals surface area contributed by atoms with Gasteiger partial charge in [-0.05, 0) is 50.1 Å². The third kappa shape index (κ3) is 4.81. The van der Waals surface area contributed by atoms with Gasteiger partial charge >= 0.3 is 5.97 Å². The summed E-state index contributed by atoms with van der Waals surface area (Å²) in [5, 5.41) is 0. The molecule has 0 fully saturated rings. The summed E-state index contributed by atoms with van der Waals surface area (Å²) in [6.45, 7) is 6.89. The number of allylic oxidation sites excluding steroid dienone is 2. The number of carbonyl (C=O) groups is 2. The van der Waals surface area contributed by atoms with Gasteiger partial charge in [-0.25, -0.2) is 8.42 Å². The molecule has 0 spiro atoms. The molecule has 0 amide bonds. The van der Waals surface area contributed by atoms with E-state index in [0.29, 0.717) is 23.2 Å². The molecule has 0 radical (unpaired) electrons. The van der Waals surface area contributed by atoms with Crippen molar-refractivity contribution in [2.24, 2.45) is 0 Å². The third-order valence-electron chi connectivity index (χ3n) is 4.08. The Bertz CT molecular complexity index is 933. The molecule has 0 bridgehead atoms. The van der Waals surface area contributed by atoms with E-state index >= 15 is 0 Å². The van der Waals surface area contributed by atoms with Crippen molar-refractivity contribution in [2.75, 3.05) is 13.1 Å². The number of ether oxygens (including phenoxy) is 1. The van der Waals surface area contributed by atoms with E-state index in [9.17, 15) is 18.0 Å². The van der Waals surface area contributed by atoms with Crippen LogP contribution in [-0.4, -0.2) is 38.1 Å². The van der Waals surface area contributed by atoms with Crippen molar-refractivity contribution in [1.82, 2.24) is 4.31 Å². The topological polar surface area (TPSA) is 80.8 Å². The second-order valence-corrected chi connectivity index (χ2v) is 8.45. The van der Waals surface area contributed by atoms with E-state index in [1.165, 1.54) is 17.3 Å². The lowest BCUT2D eigenvalue weighted by atomic mass is 10.1. The van der Waals surface area contributed by atoms with E-state index in [4.69, 9.17) is 4.74 Å². The summed E-state index contributed by atoms with van der Waals surface area (Å²) in [5.74, 6) is -0.146. The predicted molar refractivity (Wildman–Crippen MR) is 102 cm³/mol. The Hall–Kier alpha value is -2.51. The molecule has 27 heavy (non-hydrogen) atoms. The number of aryl methyl sites for hydroxylation is 1. The molecule has 0 aromatic heterocycles. The van der Waals surface area contributed by atoms with Crippen LogP contribution < -0.4 is 0 Å². The Balaban J connectivity index is 2.45. The molecule has 1 heterocycles. The Morgan fingerprint density at radius 2 is 1.74 bits per heavy atom. The van der Waals surface area contributed by atoms with Crippen LogP contribution >= 0.6 is 0 Å². The van der Waals surface area contributed by atoms with Crippen molar-refractivity contribution < 1.29 is 22.7 Å². The lowest BCUT2D eigenvalue weighted by molar-refractivity contribution is -0.136. The first-order valence-corrected chi connectivity index (χ1v) is 9.87. The molecule has 1 aromatic rings. The summed E-state index contributed by atoms with van der Waals surface area (Å²) < 4.78 is 32.7. The Morgan fingerprint density at radius 3 is 2.26 bits per heavy atom. The number of sulfonamides is 1. The molecule has 0 unspecified atom stereocenters. The largest absolute Gasteiger partial charge is 0.426 e. The van der Waals surface area contributed by atoms with Crippen molar-refractivity contribution in [2.45, 2.75) is 32.6 Å². The minimum absolute atomic E-state index is 0.0581. The maximum atomic E-state index is 13.0. The number of hydrogen-bond acceptors (Lipinski definition) is 5. The highest BCUT2D eigenvalue weighted by Gasteiger charge is 2.33. The summed E-state index contributed by atoms with van der Waals surface area (Å²) in [6, 6.07) is 6.62. The standard InChI is InChI=1S/C20H23NO5S/c1-14(2)20(26-16(4)23)19-13-21(12-17(19)6-5-11-22)27(24,25)18-9-7-15(3)8-10-18/h5-11H,12-13H2,1-4H3/b6-5+. The summed E-state index contributed by atoms with van der Waals surface area (Å²) in [4.78, 5) is 22.4. The second kappa shape index (κ2) is 8.45. The van der Waals surface area contributed by atoms with Crippen LogP contribution in [0.25, 0.3) is 0 Å². The average molecular weight is 389 g/mol. The van der Waals surface area contributed by atoms with Crippen LogP contribution in [0.1, 0.15) is 26.3 Å². The highest BCUT2D eigenvalue weighted by atomic mass is 32.2. The summed E-state index contributed by atoms with van der Waals surface area (Å²) in [5.41, 5.74) is 2.91. The zero-order valence-corrected chi connectivity index (χ0v) is 16.7. The van der Waals surface area contributed by atoms with Gasteiger partial charge in [0, 0.05) is 25.6 Å². The monoisotopic (exact) mass is 389 g/mol. The van der Waals surface area contributed by atoms with Crippen molar-refractivity contribution in [1.29, 1.82) is 0 Å². The zero-order valence-electron chi connectivity index (χ0n) is 15.9. The third-order valence-corrected chi connectivity index (χ3v) is 5.88. The fraction of sp³-hybridized carbons (Fsp3) is 0.300. The molecule has 0 N–H and O–H groups in total. The van der Waals surface area contributed by atoms with Gasteiger partial charge in [-0.2, -0.15) is 4.31 Å². The van der Waals surface area contributed by atoms with E-state index < -0.39 is 16.0 Å². The number of aldehydes is 1. The van der Waals surface area contributed by atoms with Crippen molar-refractivity contribution in [3.63, 3.8) is 0 Å². The van der Waals surface area contributed by atoms with Crippen LogP contribution in [-0.2, 0) is 24.3 Å². The molecular formula is C20H23NO5S. The Labute approximate surface area is 159 Å². The van der Waals surface area contributed by atoms with E-state index in [1.807, 2.05) is 6.92 Å². The van der Waals surface area contributed by atoms with Gasteiger partial charge in [-0.1, -0.05) is 23.8 Å². The van der Waals surface area contributed by atoms with Crippen molar-refractivity contribution in [3.8, 4) is 0 Å². The van der Waals surface area contributed by atoms with Crippen LogP contribution in [0.5, 0.6) is 0 Å². The summed E-state index contributed by atoms with van der Waals surface area (Å²) in [7, 11) is -3.73. The normalized spacial score (nSPS) is 15.3. The highest BCUT2D eigenvalue weighted by molar-refractivity contribution is 7.89. The molecule has 7 heteroatoms. The lowest BCUT2D eigenvalue weighted by Gasteiger charge is -2.17. The number of esters is 1. The van der Waals surface area contributed by atoms with E-state index in [0.717, 1.165) is 11.1 Å². The molecule has 1 aliphatic rings. The van der Waals surface area contributed by atoms with Gasteiger partial charge in [0.25, 0.3) is 0 Å². The van der Waals surface area contributed by atoms with Crippen LogP contribution in [0, 0.1) is 6.92 Å². The fourth-order valence-electron chi connectivity index (χ4n) is 2.78. The van der Waals surface area contributed by atoms with Crippen LogP contribution in [0.4, 0.5) is 0 Å². The average Bonchev–Trinajstić information content (AvgIpc) is 3.02. The number of rotatable bonds is 6. The van der Waals surface area contributed by atoms with Gasteiger partial charge in [0.05, 0.1) is 4.90 Å². The van der Waals surface area contributed by atoms with Crippen molar-refractivity contribution >= 4 is 22.3 Å². The van der Waals surface area contributed by atoms with E-state index in [2.05, 4.69) is 0 Å². The Morgan fingerprint density at radius 1 is 1.11 bits per heavy atom. The van der Waals surface area contributed by atoms with Crippen LogP contribution in [0.2, 0.25) is 0 Å². The van der Waals surface area contributed by atoms with Crippen molar-refractivity contribution in [3.05, 3.63) is 64.5 Å². The zero-order chi connectivity index (χ0) is 20.2. The SMILES string of the molecule is CC(=O)OC(=C(C)C)C1=C(/C=C/C=O)CN(S(=O)(=O)c2ccc(C)cc2)C1. The van der Waals surface area contributed by atoms with Gasteiger partial charge in [-0.15, -0.1) is 0 Å². The molecule has 1 aliphatic heterocycles. The molecule has 0 aliphatic carbocycles. The first-order chi connectivity index (χ1) is 12.7. The van der Waals surface area contributed by atoms with Gasteiger partial charge in [0.15, 0.2) is 0 Å². The van der Waals surface area contributed by atoms with Crippen LogP contribution in [0.15, 0.2) is 63.8 Å². The first kappa shape index (κ1) is 20.8. The maximum Gasteiger partial charge on any atom is 0.308 e. The Kier molecular flexibility index (Phi) is 6.51. The first-order valence-electron chi connectivity index (χ1n) is 8.43. The number of benzene rings is 1. The number of carbonyl (C=O) groups excluding carboxylic acids is 2. The van der Waals surface area contributed by atoms with E-state index in [-0.39, 0.29) is 18.0 Å². The quantitative estimate of drug-likeness (QED) is 0.323. The minimum atomic E-state index is -3.73. The molecule has 144 valence electrons. The lowest BCUT2D eigenvalue weighted by Crippen LogP contribution is -2.30. The summed E-state index contributed by atoms with van der Waals surface area (Å²) in [6.07, 6.45) is 3.48. The smallest absolute Gasteiger partial charge is 0.308 e. The fourth-order valence-corrected chi connectivity index (χ4v) is 4.17. The molecule has 0 saturated heterocycles. The number of hydrogen-bond donors (Lipinski definition) is 0. The highest BCUT2D eigenvalue weighted by Crippen LogP contribution is 2.31. The molecule has 6 nitrogen and oxygen atoms in total. The molecule has 1 aromatic carbocycles. The second-order valence-electron chi connectivity index (χ2n) is 6.51.